The standard InChI is InChI=1S/C24H18F3N3O3S.Na/c1-16-7-9-17(10-8-16)21-15-22(24(25,26)27)28-30(21)19-11-13-20(14-12-19)34(32,33)29-23(31)18-5-3-2-4-6-18;/h2-15H,1H3,(H,29,31);/q;+1/p-1. The summed E-state index contributed by atoms with van der Waals surface area (Å²) < 4.78 is 69.6. The summed E-state index contributed by atoms with van der Waals surface area (Å²) in [7, 11) is -4.33. The van der Waals surface area contributed by atoms with Crippen molar-refractivity contribution in [2.45, 2.75) is 18.0 Å². The SMILES string of the molecule is Cc1ccc(-c2cc(C(F)(F)F)nn2-c2ccc(S(=O)(=O)[N-]C(=O)c3ccccc3)cc2)cc1.[Na+]. The summed E-state index contributed by atoms with van der Waals surface area (Å²) in [5, 5.41) is 3.70. The van der Waals surface area contributed by atoms with Crippen LogP contribution in [0.5, 0.6) is 0 Å². The minimum atomic E-state index is -4.66. The van der Waals surface area contributed by atoms with Crippen LogP contribution < -0.4 is 29.6 Å². The monoisotopic (exact) mass is 507 g/mol. The van der Waals surface area contributed by atoms with Crippen LogP contribution in [0, 0.1) is 6.92 Å². The fourth-order valence-corrected chi connectivity index (χ4v) is 4.11. The van der Waals surface area contributed by atoms with E-state index in [0.29, 0.717) is 5.56 Å². The van der Waals surface area contributed by atoms with Gasteiger partial charge in [-0.25, -0.2) is 13.1 Å². The summed E-state index contributed by atoms with van der Waals surface area (Å²) in [4.78, 5) is 11.9. The summed E-state index contributed by atoms with van der Waals surface area (Å²) in [5.74, 6) is -0.923. The number of aromatic nitrogens is 2. The Morgan fingerprint density at radius 3 is 2.09 bits per heavy atom. The fourth-order valence-electron chi connectivity index (χ4n) is 3.20. The molecule has 1 aromatic heterocycles. The van der Waals surface area contributed by atoms with Gasteiger partial charge in [0.05, 0.1) is 22.2 Å². The minimum Gasteiger partial charge on any atom is -0.538 e. The van der Waals surface area contributed by atoms with Gasteiger partial charge in [0, 0.05) is 5.56 Å². The van der Waals surface area contributed by atoms with Gasteiger partial charge >= 0.3 is 35.7 Å². The molecule has 0 radical (unpaired) electrons. The Labute approximate surface area is 222 Å². The van der Waals surface area contributed by atoms with E-state index in [1.54, 1.807) is 42.5 Å². The molecule has 0 unspecified atom stereocenters. The molecule has 0 spiro atoms. The molecule has 0 N–H and O–H groups in total. The first-order chi connectivity index (χ1) is 16.0. The molecule has 174 valence electrons. The molecule has 0 saturated heterocycles. The zero-order valence-electron chi connectivity index (χ0n) is 18.7. The molecule has 4 rings (SSSR count). The van der Waals surface area contributed by atoms with Crippen molar-refractivity contribution in [3.63, 3.8) is 0 Å². The van der Waals surface area contributed by atoms with Gasteiger partial charge in [-0.05, 0) is 42.8 Å². The van der Waals surface area contributed by atoms with Crippen LogP contribution in [-0.4, -0.2) is 24.1 Å². The van der Waals surface area contributed by atoms with Crippen molar-refractivity contribution in [3.05, 3.63) is 106 Å². The van der Waals surface area contributed by atoms with E-state index in [1.165, 1.54) is 36.4 Å². The summed E-state index contributed by atoms with van der Waals surface area (Å²) in [6, 6.07) is 20.5. The average Bonchev–Trinajstić information content (AvgIpc) is 3.26. The molecule has 0 saturated carbocycles. The van der Waals surface area contributed by atoms with Gasteiger partial charge in [-0.2, -0.15) is 18.3 Å². The quantitative estimate of drug-likeness (QED) is 0.389. The number of sulfonamides is 1. The van der Waals surface area contributed by atoms with E-state index in [9.17, 15) is 26.4 Å². The van der Waals surface area contributed by atoms with Crippen molar-refractivity contribution < 1.29 is 55.9 Å². The summed E-state index contributed by atoms with van der Waals surface area (Å²) in [6.07, 6.45) is -4.66. The summed E-state index contributed by atoms with van der Waals surface area (Å²) in [5.41, 5.74) is 0.874. The molecule has 1 amide bonds. The predicted octanol–water partition coefficient (Wildman–Crippen LogP) is 2.77. The molecule has 0 aliphatic rings. The van der Waals surface area contributed by atoms with Crippen LogP contribution in [0.25, 0.3) is 21.7 Å². The van der Waals surface area contributed by atoms with Gasteiger partial charge in [0.2, 0.25) is 0 Å². The number of nitrogens with zero attached hydrogens (tertiary/aromatic N) is 3. The normalized spacial score (nSPS) is 11.5. The van der Waals surface area contributed by atoms with Gasteiger partial charge in [-0.15, -0.1) is 0 Å². The van der Waals surface area contributed by atoms with E-state index < -0.39 is 27.8 Å². The molecule has 0 fully saturated rings. The Kier molecular flexibility index (Phi) is 7.90. The van der Waals surface area contributed by atoms with Gasteiger partial charge in [-0.3, -0.25) is 0 Å². The first-order valence-corrected chi connectivity index (χ1v) is 11.4. The van der Waals surface area contributed by atoms with Crippen molar-refractivity contribution in [1.29, 1.82) is 0 Å². The number of alkyl halides is 3. The van der Waals surface area contributed by atoms with Crippen molar-refractivity contribution >= 4 is 15.9 Å². The van der Waals surface area contributed by atoms with Crippen LogP contribution in [0.4, 0.5) is 13.2 Å². The number of aryl methyl sites for hydroxylation is 1. The molecule has 4 aromatic rings. The Morgan fingerprint density at radius 1 is 0.914 bits per heavy atom. The Hall–Kier alpha value is -2.92. The zero-order valence-corrected chi connectivity index (χ0v) is 21.5. The van der Waals surface area contributed by atoms with Gasteiger partial charge in [-0.1, -0.05) is 60.2 Å². The third-order valence-corrected chi connectivity index (χ3v) is 6.22. The second-order valence-electron chi connectivity index (χ2n) is 7.42. The number of halogens is 3. The molecule has 0 atom stereocenters. The first-order valence-electron chi connectivity index (χ1n) is 9.97. The first kappa shape index (κ1) is 26.7. The topological polar surface area (TPSA) is 83.1 Å². The second-order valence-corrected chi connectivity index (χ2v) is 9.03. The average molecular weight is 507 g/mol. The Bertz CT molecular complexity index is 1440. The van der Waals surface area contributed by atoms with Crippen LogP contribution in [0.3, 0.4) is 0 Å². The molecular weight excluding hydrogens is 490 g/mol. The number of carbonyl (C=O) groups excluding carboxylic acids is 1. The van der Waals surface area contributed by atoms with Crippen molar-refractivity contribution in [2.75, 3.05) is 0 Å². The van der Waals surface area contributed by atoms with Gasteiger partial charge in [0.1, 0.15) is 10.0 Å². The molecule has 3 aromatic carbocycles. The molecule has 6 nitrogen and oxygen atoms in total. The largest absolute Gasteiger partial charge is 1.00 e. The van der Waals surface area contributed by atoms with Crippen LogP contribution >= 0.6 is 0 Å². The molecular formula is C24H17F3N3NaO3S. The van der Waals surface area contributed by atoms with E-state index >= 15 is 0 Å². The fraction of sp³-hybridized carbons (Fsp3) is 0.0833. The third-order valence-electron chi connectivity index (χ3n) is 4.95. The number of carbonyl (C=O) groups is 1. The minimum absolute atomic E-state index is 0. The van der Waals surface area contributed by atoms with Crippen LogP contribution in [0.15, 0.2) is 89.8 Å². The Morgan fingerprint density at radius 2 is 1.51 bits per heavy atom. The molecule has 0 aliphatic carbocycles. The van der Waals surface area contributed by atoms with E-state index in [2.05, 4.69) is 9.82 Å². The number of amides is 1. The molecule has 0 bridgehead atoms. The number of hydrogen-bond acceptors (Lipinski definition) is 4. The summed E-state index contributed by atoms with van der Waals surface area (Å²) >= 11 is 0. The molecule has 11 heteroatoms. The molecule has 0 aliphatic heterocycles. The maximum Gasteiger partial charge on any atom is 1.00 e. The smallest absolute Gasteiger partial charge is 0.538 e. The van der Waals surface area contributed by atoms with Gasteiger partial charge in [0.15, 0.2) is 5.69 Å². The maximum absolute atomic E-state index is 13.4. The molecule has 35 heavy (non-hydrogen) atoms. The maximum atomic E-state index is 13.4. The van der Waals surface area contributed by atoms with E-state index in [-0.39, 0.29) is 51.4 Å². The van der Waals surface area contributed by atoms with Crippen molar-refractivity contribution in [2.24, 2.45) is 0 Å². The Balaban J connectivity index is 0.00000342. The number of hydrogen-bond donors (Lipinski definition) is 0. The number of benzene rings is 3. The van der Waals surface area contributed by atoms with Crippen molar-refractivity contribution in [1.82, 2.24) is 9.78 Å². The van der Waals surface area contributed by atoms with Gasteiger partial charge < -0.3 is 9.52 Å². The van der Waals surface area contributed by atoms with Crippen LogP contribution in [-0.2, 0) is 16.2 Å². The summed E-state index contributed by atoms with van der Waals surface area (Å²) in [6.45, 7) is 1.86. The van der Waals surface area contributed by atoms with Crippen LogP contribution in [0.2, 0.25) is 0 Å². The third kappa shape index (κ3) is 6.02. The van der Waals surface area contributed by atoms with Crippen molar-refractivity contribution in [3.8, 4) is 16.9 Å². The second kappa shape index (κ2) is 10.4. The van der Waals surface area contributed by atoms with E-state index in [1.807, 2.05) is 6.92 Å². The van der Waals surface area contributed by atoms with Crippen LogP contribution in [0.1, 0.15) is 21.6 Å². The molecule has 1 heterocycles. The predicted molar refractivity (Wildman–Crippen MR) is 120 cm³/mol. The van der Waals surface area contributed by atoms with Gasteiger partial charge in [0.25, 0.3) is 0 Å². The zero-order chi connectivity index (χ0) is 24.5. The number of rotatable bonds is 5. The van der Waals surface area contributed by atoms with E-state index in [0.717, 1.165) is 16.3 Å². The van der Waals surface area contributed by atoms with E-state index in [4.69, 9.17) is 0 Å².